The van der Waals surface area contributed by atoms with E-state index in [2.05, 4.69) is 11.4 Å². The van der Waals surface area contributed by atoms with E-state index in [0.717, 1.165) is 33.5 Å². The van der Waals surface area contributed by atoms with Crippen LogP contribution in [0.3, 0.4) is 0 Å². The number of aryl methyl sites for hydroxylation is 2. The highest BCUT2D eigenvalue weighted by molar-refractivity contribution is 5.93. The van der Waals surface area contributed by atoms with Gasteiger partial charge in [-0.3, -0.25) is 9.69 Å². The zero-order chi connectivity index (χ0) is 20.8. The standard InChI is InChI=1S/C25H25N3O/c1-18-7-6-8-19(2)25(18)27-24(29)17-28(3)16-20-11-13-21(14-12-20)23-10-5-4-9-22(23)15-26/h4-14H,16-17H2,1-3H3,(H,27,29). The van der Waals surface area contributed by atoms with Crippen molar-refractivity contribution >= 4 is 11.6 Å². The van der Waals surface area contributed by atoms with Crippen molar-refractivity contribution in [3.63, 3.8) is 0 Å². The zero-order valence-electron chi connectivity index (χ0n) is 17.1. The van der Waals surface area contributed by atoms with Gasteiger partial charge in [0.05, 0.1) is 18.2 Å². The van der Waals surface area contributed by atoms with Crippen molar-refractivity contribution in [2.45, 2.75) is 20.4 Å². The van der Waals surface area contributed by atoms with Gasteiger partial charge in [0.15, 0.2) is 0 Å². The number of hydrogen-bond acceptors (Lipinski definition) is 3. The molecule has 0 radical (unpaired) electrons. The summed E-state index contributed by atoms with van der Waals surface area (Å²) >= 11 is 0. The van der Waals surface area contributed by atoms with Crippen LogP contribution in [-0.2, 0) is 11.3 Å². The summed E-state index contributed by atoms with van der Waals surface area (Å²) in [6, 6.07) is 24.0. The van der Waals surface area contributed by atoms with E-state index in [1.807, 2.05) is 92.5 Å². The molecule has 0 saturated heterocycles. The minimum absolute atomic E-state index is 0.0236. The van der Waals surface area contributed by atoms with Gasteiger partial charge in [0.1, 0.15) is 0 Å². The van der Waals surface area contributed by atoms with Crippen LogP contribution in [0.15, 0.2) is 66.7 Å². The van der Waals surface area contributed by atoms with Gasteiger partial charge in [-0.2, -0.15) is 5.26 Å². The molecule has 0 spiro atoms. The molecule has 29 heavy (non-hydrogen) atoms. The molecule has 0 atom stereocenters. The molecule has 3 rings (SSSR count). The Balaban J connectivity index is 1.61. The van der Waals surface area contributed by atoms with Gasteiger partial charge in [-0.15, -0.1) is 0 Å². The monoisotopic (exact) mass is 383 g/mol. The number of carbonyl (C=O) groups is 1. The summed E-state index contributed by atoms with van der Waals surface area (Å²) < 4.78 is 0. The number of likely N-dealkylation sites (N-methyl/N-ethyl adjacent to an activating group) is 1. The molecule has 0 unspecified atom stereocenters. The fraction of sp³-hybridized carbons (Fsp3) is 0.200. The quantitative estimate of drug-likeness (QED) is 0.658. The number of hydrogen-bond donors (Lipinski definition) is 1. The van der Waals surface area contributed by atoms with Crippen molar-refractivity contribution in [1.82, 2.24) is 4.90 Å². The topological polar surface area (TPSA) is 56.1 Å². The second-order valence-corrected chi connectivity index (χ2v) is 7.34. The van der Waals surface area contributed by atoms with Crippen molar-refractivity contribution in [2.75, 3.05) is 18.9 Å². The molecule has 4 nitrogen and oxygen atoms in total. The summed E-state index contributed by atoms with van der Waals surface area (Å²) in [5.41, 5.74) is 6.75. The van der Waals surface area contributed by atoms with E-state index in [4.69, 9.17) is 0 Å². The number of anilines is 1. The Kier molecular flexibility index (Phi) is 6.43. The van der Waals surface area contributed by atoms with Crippen LogP contribution in [0.1, 0.15) is 22.3 Å². The smallest absolute Gasteiger partial charge is 0.238 e. The molecular weight excluding hydrogens is 358 g/mol. The molecule has 0 aliphatic rings. The summed E-state index contributed by atoms with van der Waals surface area (Å²) in [6.07, 6.45) is 0. The average Bonchev–Trinajstić information content (AvgIpc) is 2.71. The third-order valence-corrected chi connectivity index (χ3v) is 4.92. The van der Waals surface area contributed by atoms with Crippen LogP contribution in [0.4, 0.5) is 5.69 Å². The SMILES string of the molecule is Cc1cccc(C)c1NC(=O)CN(C)Cc1ccc(-c2ccccc2C#N)cc1. The molecule has 0 fully saturated rings. The first kappa shape index (κ1) is 20.3. The van der Waals surface area contributed by atoms with E-state index >= 15 is 0 Å². The van der Waals surface area contributed by atoms with E-state index in [1.54, 1.807) is 0 Å². The lowest BCUT2D eigenvalue weighted by molar-refractivity contribution is -0.117. The van der Waals surface area contributed by atoms with Crippen LogP contribution in [-0.4, -0.2) is 24.4 Å². The van der Waals surface area contributed by atoms with Crippen molar-refractivity contribution in [3.05, 3.63) is 89.0 Å². The minimum Gasteiger partial charge on any atom is -0.324 e. The first-order valence-corrected chi connectivity index (χ1v) is 9.61. The highest BCUT2D eigenvalue weighted by Crippen LogP contribution is 2.24. The third kappa shape index (κ3) is 5.10. The van der Waals surface area contributed by atoms with Crippen molar-refractivity contribution in [3.8, 4) is 17.2 Å². The summed E-state index contributed by atoms with van der Waals surface area (Å²) in [5, 5.41) is 12.3. The van der Waals surface area contributed by atoms with Gasteiger partial charge < -0.3 is 5.32 Å². The fourth-order valence-electron chi connectivity index (χ4n) is 3.43. The molecule has 0 heterocycles. The van der Waals surface area contributed by atoms with Gasteiger partial charge in [-0.25, -0.2) is 0 Å². The van der Waals surface area contributed by atoms with Gasteiger partial charge in [0.25, 0.3) is 0 Å². The third-order valence-electron chi connectivity index (χ3n) is 4.92. The molecule has 1 amide bonds. The van der Waals surface area contributed by atoms with Gasteiger partial charge in [-0.05, 0) is 54.8 Å². The number of amides is 1. The molecule has 0 aliphatic heterocycles. The maximum Gasteiger partial charge on any atom is 0.238 e. The first-order valence-electron chi connectivity index (χ1n) is 9.61. The molecule has 0 bridgehead atoms. The van der Waals surface area contributed by atoms with Gasteiger partial charge in [-0.1, -0.05) is 60.7 Å². The van der Waals surface area contributed by atoms with E-state index < -0.39 is 0 Å². The summed E-state index contributed by atoms with van der Waals surface area (Å²) in [7, 11) is 1.93. The zero-order valence-corrected chi connectivity index (χ0v) is 17.1. The van der Waals surface area contributed by atoms with Gasteiger partial charge in [0, 0.05) is 12.2 Å². The Hall–Kier alpha value is -3.42. The van der Waals surface area contributed by atoms with Crippen LogP contribution in [0.2, 0.25) is 0 Å². The second kappa shape index (κ2) is 9.18. The average molecular weight is 383 g/mol. The maximum absolute atomic E-state index is 12.4. The van der Waals surface area contributed by atoms with E-state index in [1.165, 1.54) is 0 Å². The van der Waals surface area contributed by atoms with Crippen LogP contribution in [0.25, 0.3) is 11.1 Å². The Morgan fingerprint density at radius 3 is 2.28 bits per heavy atom. The lowest BCUT2D eigenvalue weighted by Crippen LogP contribution is -2.30. The molecule has 0 aromatic heterocycles. The summed E-state index contributed by atoms with van der Waals surface area (Å²) in [6.45, 7) is 4.98. The van der Waals surface area contributed by atoms with Crippen LogP contribution in [0, 0.1) is 25.2 Å². The Morgan fingerprint density at radius 2 is 1.62 bits per heavy atom. The number of benzene rings is 3. The second-order valence-electron chi connectivity index (χ2n) is 7.34. The Labute approximate surface area is 172 Å². The van der Waals surface area contributed by atoms with Gasteiger partial charge >= 0.3 is 0 Å². The number of nitriles is 1. The van der Waals surface area contributed by atoms with Crippen LogP contribution in [0.5, 0.6) is 0 Å². The van der Waals surface area contributed by atoms with Crippen LogP contribution < -0.4 is 5.32 Å². The molecule has 1 N–H and O–H groups in total. The van der Waals surface area contributed by atoms with E-state index in [-0.39, 0.29) is 5.91 Å². The predicted octanol–water partition coefficient (Wildman–Crippen LogP) is 4.91. The van der Waals surface area contributed by atoms with Gasteiger partial charge in [0.2, 0.25) is 5.91 Å². The van der Waals surface area contributed by atoms with Crippen molar-refractivity contribution in [1.29, 1.82) is 5.26 Å². The Bertz CT molecular complexity index is 1030. The Morgan fingerprint density at radius 1 is 0.966 bits per heavy atom. The molecular formula is C25H25N3O. The number of carbonyl (C=O) groups excluding carboxylic acids is 1. The summed E-state index contributed by atoms with van der Waals surface area (Å²) in [4.78, 5) is 14.4. The van der Waals surface area contributed by atoms with Crippen molar-refractivity contribution < 1.29 is 4.79 Å². The fourth-order valence-corrected chi connectivity index (χ4v) is 3.43. The first-order chi connectivity index (χ1) is 14.0. The largest absolute Gasteiger partial charge is 0.324 e. The van der Waals surface area contributed by atoms with Crippen molar-refractivity contribution in [2.24, 2.45) is 0 Å². The molecule has 146 valence electrons. The number of para-hydroxylation sites is 1. The van der Waals surface area contributed by atoms with Crippen LogP contribution >= 0.6 is 0 Å². The maximum atomic E-state index is 12.4. The minimum atomic E-state index is -0.0236. The predicted molar refractivity (Wildman–Crippen MR) is 117 cm³/mol. The lowest BCUT2D eigenvalue weighted by Gasteiger charge is -2.18. The number of nitrogens with one attached hydrogen (secondary N) is 1. The molecule has 0 saturated carbocycles. The highest BCUT2D eigenvalue weighted by atomic mass is 16.2. The van der Waals surface area contributed by atoms with E-state index in [9.17, 15) is 10.1 Å². The lowest BCUT2D eigenvalue weighted by atomic mass is 9.99. The molecule has 3 aromatic rings. The molecule has 4 heteroatoms. The highest BCUT2D eigenvalue weighted by Gasteiger charge is 2.11. The normalized spacial score (nSPS) is 10.6. The van der Waals surface area contributed by atoms with E-state index in [0.29, 0.717) is 18.7 Å². The summed E-state index contributed by atoms with van der Waals surface area (Å²) in [5.74, 6) is -0.0236. The number of nitrogens with zero attached hydrogens (tertiary/aromatic N) is 2. The molecule has 3 aromatic carbocycles. The molecule has 0 aliphatic carbocycles. The number of rotatable bonds is 6.